The molecule has 2 aliphatic heterocycles. The molecule has 0 unspecified atom stereocenters. The lowest BCUT2D eigenvalue weighted by atomic mass is 10.0. The normalized spacial score (nSPS) is 16.6. The Kier molecular flexibility index (Phi) is 6.86. The molecule has 0 atom stereocenters. The van der Waals surface area contributed by atoms with E-state index in [2.05, 4.69) is 20.6 Å². The minimum absolute atomic E-state index is 0.0275. The molecule has 1 aromatic carbocycles. The Balaban J connectivity index is 1.50. The Hall–Kier alpha value is -2.71. The van der Waals surface area contributed by atoms with E-state index in [4.69, 9.17) is 16.3 Å². The van der Waals surface area contributed by atoms with Gasteiger partial charge < -0.3 is 20.3 Å². The molecule has 0 saturated carbocycles. The van der Waals surface area contributed by atoms with Gasteiger partial charge in [0.2, 0.25) is 11.9 Å². The van der Waals surface area contributed by atoms with Crippen molar-refractivity contribution in [2.24, 2.45) is 0 Å². The molecule has 0 aliphatic carbocycles. The first-order valence-corrected chi connectivity index (χ1v) is 11.7. The smallest absolute Gasteiger partial charge is 0.254 e. The molecule has 1 aromatic heterocycles. The molecule has 0 bridgehead atoms. The summed E-state index contributed by atoms with van der Waals surface area (Å²) >= 11 is 6.41. The highest BCUT2D eigenvalue weighted by Crippen LogP contribution is 2.31. The molecule has 0 spiro atoms. The van der Waals surface area contributed by atoms with E-state index in [1.165, 1.54) is 0 Å². The molecule has 1 fully saturated rings. The third-order valence-electron chi connectivity index (χ3n) is 6.26. The lowest BCUT2D eigenvalue weighted by molar-refractivity contribution is -0.123. The first-order valence-electron chi connectivity index (χ1n) is 11.4. The van der Waals surface area contributed by atoms with Gasteiger partial charge in [0.25, 0.3) is 5.91 Å². The predicted octanol–water partition coefficient (Wildman–Crippen LogP) is 3.65. The van der Waals surface area contributed by atoms with Crippen molar-refractivity contribution in [2.75, 3.05) is 25.1 Å². The van der Waals surface area contributed by atoms with E-state index >= 15 is 0 Å². The molecule has 8 nitrogen and oxygen atoms in total. The fraction of sp³-hybridized carbons (Fsp3) is 0.500. The molecule has 0 radical (unpaired) electrons. The van der Waals surface area contributed by atoms with Crippen LogP contribution in [0.3, 0.4) is 0 Å². The highest BCUT2D eigenvalue weighted by molar-refractivity contribution is 6.33. The molecule has 33 heavy (non-hydrogen) atoms. The van der Waals surface area contributed by atoms with Gasteiger partial charge >= 0.3 is 0 Å². The summed E-state index contributed by atoms with van der Waals surface area (Å²) in [6.07, 6.45) is 4.18. The molecule has 2 aromatic rings. The number of hydrogen-bond acceptors (Lipinski definition) is 6. The molecule has 2 N–H and O–H groups in total. The Morgan fingerprint density at radius 2 is 2.06 bits per heavy atom. The maximum atomic E-state index is 13.0. The highest BCUT2D eigenvalue weighted by atomic mass is 35.5. The number of halogens is 1. The molecular weight excluding hydrogens is 442 g/mol. The quantitative estimate of drug-likeness (QED) is 0.639. The molecule has 2 aliphatic rings. The number of fused-ring (bicyclic) bond motifs is 1. The van der Waals surface area contributed by atoms with Gasteiger partial charge in [-0.1, -0.05) is 30.7 Å². The molecule has 3 heterocycles. The second-order valence-corrected chi connectivity index (χ2v) is 9.65. The Morgan fingerprint density at radius 3 is 2.79 bits per heavy atom. The van der Waals surface area contributed by atoms with Gasteiger partial charge in [0.1, 0.15) is 6.54 Å². The van der Waals surface area contributed by atoms with Crippen LogP contribution in [0.4, 0.5) is 5.95 Å². The van der Waals surface area contributed by atoms with Gasteiger partial charge in [-0.2, -0.15) is 0 Å². The van der Waals surface area contributed by atoms with Crippen LogP contribution in [-0.4, -0.2) is 58.0 Å². The first-order chi connectivity index (χ1) is 15.8. The Morgan fingerprint density at radius 1 is 1.30 bits per heavy atom. The number of amides is 2. The number of carbonyl (C=O) groups excluding carboxylic acids is 2. The van der Waals surface area contributed by atoms with Crippen LogP contribution in [0.25, 0.3) is 11.3 Å². The monoisotopic (exact) mass is 471 g/mol. The van der Waals surface area contributed by atoms with Gasteiger partial charge in [-0.15, -0.1) is 0 Å². The van der Waals surface area contributed by atoms with Crippen molar-refractivity contribution < 1.29 is 14.3 Å². The molecule has 4 rings (SSSR count). The second kappa shape index (κ2) is 9.65. The summed E-state index contributed by atoms with van der Waals surface area (Å²) in [5, 5.41) is 6.75. The van der Waals surface area contributed by atoms with Crippen LogP contribution < -0.4 is 10.6 Å². The molecule has 2 amide bonds. The summed E-state index contributed by atoms with van der Waals surface area (Å²) in [7, 11) is 0. The van der Waals surface area contributed by atoms with E-state index in [1.54, 1.807) is 17.2 Å². The van der Waals surface area contributed by atoms with Gasteiger partial charge in [-0.3, -0.25) is 9.59 Å². The topological polar surface area (TPSA) is 96.5 Å². The zero-order valence-corrected chi connectivity index (χ0v) is 20.0. The average molecular weight is 472 g/mol. The maximum Gasteiger partial charge on any atom is 0.254 e. The van der Waals surface area contributed by atoms with Crippen molar-refractivity contribution >= 4 is 29.4 Å². The van der Waals surface area contributed by atoms with Crippen LogP contribution in [0.1, 0.15) is 56.0 Å². The largest absolute Gasteiger partial charge is 0.381 e. The zero-order valence-electron chi connectivity index (χ0n) is 19.3. The third-order valence-corrected chi connectivity index (χ3v) is 6.53. The van der Waals surface area contributed by atoms with Gasteiger partial charge in [-0.05, 0) is 44.7 Å². The van der Waals surface area contributed by atoms with Gasteiger partial charge in [0, 0.05) is 42.5 Å². The number of hydrogen-bond donors (Lipinski definition) is 2. The summed E-state index contributed by atoms with van der Waals surface area (Å²) in [6, 6.07) is 5.87. The summed E-state index contributed by atoms with van der Waals surface area (Å²) in [5.74, 6) is 0.179. The number of nitrogens with zero attached hydrogens (tertiary/aromatic N) is 3. The van der Waals surface area contributed by atoms with Crippen LogP contribution in [0.15, 0.2) is 24.4 Å². The van der Waals surface area contributed by atoms with Crippen molar-refractivity contribution in [1.82, 2.24) is 20.2 Å². The highest BCUT2D eigenvalue weighted by Gasteiger charge is 2.30. The van der Waals surface area contributed by atoms with Crippen molar-refractivity contribution in [1.29, 1.82) is 0 Å². The molecule has 9 heteroatoms. The zero-order chi connectivity index (χ0) is 23.6. The number of nitrogens with one attached hydrogen (secondary N) is 2. The van der Waals surface area contributed by atoms with Gasteiger partial charge in [0.15, 0.2) is 0 Å². The fourth-order valence-electron chi connectivity index (χ4n) is 3.98. The number of carbonyl (C=O) groups is 2. The van der Waals surface area contributed by atoms with Crippen LogP contribution in [0.5, 0.6) is 0 Å². The number of benzene rings is 1. The van der Waals surface area contributed by atoms with Crippen molar-refractivity contribution in [3.8, 4) is 11.3 Å². The first kappa shape index (κ1) is 23.4. The van der Waals surface area contributed by atoms with E-state index in [1.807, 2.05) is 32.9 Å². The van der Waals surface area contributed by atoms with Crippen molar-refractivity contribution in [3.63, 3.8) is 0 Å². The SMILES string of the molecule is CCC(C)(C)NC(=O)CN1Cc2ccc(-c3nc(NC4CCOCC4)ncc3Cl)cc2C1=O. The molecular formula is C24H30ClN5O3. The van der Waals surface area contributed by atoms with E-state index in [0.717, 1.165) is 43.6 Å². The van der Waals surface area contributed by atoms with E-state index in [0.29, 0.717) is 28.8 Å². The predicted molar refractivity (Wildman–Crippen MR) is 127 cm³/mol. The summed E-state index contributed by atoms with van der Waals surface area (Å²) in [6.45, 7) is 7.82. The van der Waals surface area contributed by atoms with Crippen molar-refractivity contribution in [3.05, 3.63) is 40.5 Å². The van der Waals surface area contributed by atoms with E-state index in [9.17, 15) is 9.59 Å². The fourth-order valence-corrected chi connectivity index (χ4v) is 4.18. The molecule has 176 valence electrons. The summed E-state index contributed by atoms with van der Waals surface area (Å²) < 4.78 is 5.40. The lowest BCUT2D eigenvalue weighted by Crippen LogP contribution is -2.47. The van der Waals surface area contributed by atoms with Crippen LogP contribution >= 0.6 is 11.6 Å². The number of rotatable bonds is 7. The Labute approximate surface area is 199 Å². The van der Waals surface area contributed by atoms with Crippen LogP contribution in [-0.2, 0) is 16.1 Å². The number of anilines is 1. The average Bonchev–Trinajstić information content (AvgIpc) is 3.10. The van der Waals surface area contributed by atoms with Gasteiger partial charge in [0.05, 0.1) is 16.9 Å². The minimum Gasteiger partial charge on any atom is -0.381 e. The summed E-state index contributed by atoms with van der Waals surface area (Å²) in [5.41, 5.74) is 2.46. The van der Waals surface area contributed by atoms with Crippen LogP contribution in [0.2, 0.25) is 5.02 Å². The van der Waals surface area contributed by atoms with E-state index < -0.39 is 0 Å². The molecule has 1 saturated heterocycles. The minimum atomic E-state index is -0.306. The number of aromatic nitrogens is 2. The summed E-state index contributed by atoms with van der Waals surface area (Å²) in [4.78, 5) is 36.0. The number of ether oxygens (including phenoxy) is 1. The van der Waals surface area contributed by atoms with E-state index in [-0.39, 0.29) is 29.9 Å². The van der Waals surface area contributed by atoms with Gasteiger partial charge in [-0.25, -0.2) is 9.97 Å². The van der Waals surface area contributed by atoms with Crippen LogP contribution in [0, 0.1) is 0 Å². The third kappa shape index (κ3) is 5.45. The standard InChI is InChI=1S/C24H30ClN5O3/c1-4-24(2,3)29-20(31)14-30-13-16-6-5-15(11-18(16)22(30)32)21-19(25)12-26-23(28-21)27-17-7-9-33-10-8-17/h5-6,11-12,17H,4,7-10,13-14H2,1-3H3,(H,29,31)(H,26,27,28). The Bertz CT molecular complexity index is 1050. The lowest BCUT2D eigenvalue weighted by Gasteiger charge is -2.26. The second-order valence-electron chi connectivity index (χ2n) is 9.24. The van der Waals surface area contributed by atoms with Crippen molar-refractivity contribution in [2.45, 2.75) is 58.2 Å². The maximum absolute atomic E-state index is 13.0.